The highest BCUT2D eigenvalue weighted by Gasteiger charge is 2.40. The van der Waals surface area contributed by atoms with E-state index in [1.807, 2.05) is 0 Å². The molecule has 0 radical (unpaired) electrons. The third-order valence-corrected chi connectivity index (χ3v) is 10.4. The lowest BCUT2D eigenvalue weighted by Gasteiger charge is -2.20. The number of aromatic nitrogens is 4. The molecule has 0 spiro atoms. The molecule has 336 valence electrons. The van der Waals surface area contributed by atoms with Crippen molar-refractivity contribution >= 4 is 58.1 Å². The molecular weight excluding hydrogens is 865 g/mol. The average molecular weight is 901 g/mol. The Morgan fingerprint density at radius 3 is 1.31 bits per heavy atom. The van der Waals surface area contributed by atoms with Crippen molar-refractivity contribution in [3.8, 4) is 0 Å². The highest BCUT2D eigenvalue weighted by molar-refractivity contribution is 6.44. The van der Waals surface area contributed by atoms with Gasteiger partial charge in [-0.15, -0.1) is 10.2 Å². The lowest BCUT2D eigenvalue weighted by Crippen LogP contribution is -2.48. The molecule has 0 fully saturated rings. The van der Waals surface area contributed by atoms with Gasteiger partial charge in [-0.3, -0.25) is 29.0 Å². The van der Waals surface area contributed by atoms with Gasteiger partial charge in [0.1, 0.15) is 46.8 Å². The molecule has 0 bridgehead atoms. The van der Waals surface area contributed by atoms with E-state index in [1.165, 1.54) is 38.4 Å². The normalized spacial score (nSPS) is 18.7. The number of benzene rings is 2. The number of carbonyl (C=O) groups is 4. The second kappa shape index (κ2) is 17.9. The van der Waals surface area contributed by atoms with Crippen molar-refractivity contribution in [2.45, 2.75) is 76.1 Å². The maximum Gasteiger partial charge on any atom is 0.435 e. The Balaban J connectivity index is 0.000000191. The Labute approximate surface area is 357 Å². The first-order valence-electron chi connectivity index (χ1n) is 19.4. The molecule has 2 N–H and O–H groups in total. The van der Waals surface area contributed by atoms with Crippen LogP contribution in [-0.2, 0) is 57.5 Å². The maximum atomic E-state index is 13.0. The molecule has 4 aliphatic heterocycles. The summed E-state index contributed by atoms with van der Waals surface area (Å²) in [6.45, 7) is 0.0382. The molecular formula is C40H36F8N12O4. The maximum absolute atomic E-state index is 13.0. The van der Waals surface area contributed by atoms with Crippen LogP contribution in [0.1, 0.15) is 48.2 Å². The number of rotatable bonds is 8. The van der Waals surface area contributed by atoms with Crippen molar-refractivity contribution in [2.75, 3.05) is 23.9 Å². The zero-order chi connectivity index (χ0) is 46.1. The van der Waals surface area contributed by atoms with E-state index in [4.69, 9.17) is 0 Å². The van der Waals surface area contributed by atoms with Crippen molar-refractivity contribution < 1.29 is 54.3 Å². The van der Waals surface area contributed by atoms with Crippen LogP contribution in [0.5, 0.6) is 0 Å². The van der Waals surface area contributed by atoms with Crippen molar-refractivity contribution in [3.05, 3.63) is 94.8 Å². The van der Waals surface area contributed by atoms with Crippen LogP contribution in [-0.4, -0.2) is 92.2 Å². The van der Waals surface area contributed by atoms with Gasteiger partial charge in [0.05, 0.1) is 11.4 Å². The van der Waals surface area contributed by atoms with Crippen LogP contribution in [0.4, 0.5) is 46.8 Å². The van der Waals surface area contributed by atoms with Gasteiger partial charge in [0, 0.05) is 65.0 Å². The summed E-state index contributed by atoms with van der Waals surface area (Å²) in [5, 5.41) is 28.0. The minimum absolute atomic E-state index is 0.00204. The predicted molar refractivity (Wildman–Crippen MR) is 214 cm³/mol. The molecule has 4 aliphatic rings. The summed E-state index contributed by atoms with van der Waals surface area (Å²) >= 11 is 0. The summed E-state index contributed by atoms with van der Waals surface area (Å²) in [6.07, 6.45) is -7.96. The smallest absolute Gasteiger partial charge is 0.339 e. The summed E-state index contributed by atoms with van der Waals surface area (Å²) in [5.74, 6) is -2.98. The van der Waals surface area contributed by atoms with Crippen molar-refractivity contribution in [3.63, 3.8) is 0 Å². The molecule has 24 heteroatoms. The number of carbonyl (C=O) groups excluding carboxylic acids is 4. The first-order valence-corrected chi connectivity index (χ1v) is 19.4. The van der Waals surface area contributed by atoms with Gasteiger partial charge in [-0.05, 0) is 48.2 Å². The van der Waals surface area contributed by atoms with Crippen LogP contribution in [0.2, 0.25) is 0 Å². The number of aryl methyl sites for hydroxylation is 2. The SMILES string of the molecule is CN1C(=O)[C@@H](NC(=O)C2=NN=C(Cc3ccc(F)cc3)C2)CCn2nc(C(F)(F)F)cc21.CN1C(=O)[C@H](NC(=O)C2=NN=C(Cc3ccc(F)cc3)C2)CCn2nc(C(F)(F)F)cc21. The minimum Gasteiger partial charge on any atom is -0.339 e. The fourth-order valence-electron chi connectivity index (χ4n) is 7.07. The van der Waals surface area contributed by atoms with Crippen LogP contribution in [0.15, 0.2) is 81.1 Å². The molecule has 2 aromatic carbocycles. The molecule has 0 unspecified atom stereocenters. The van der Waals surface area contributed by atoms with E-state index in [0.717, 1.165) is 42.4 Å². The monoisotopic (exact) mass is 900 g/mol. The summed E-state index contributed by atoms with van der Waals surface area (Å²) in [4.78, 5) is 52.8. The Morgan fingerprint density at radius 1 is 0.609 bits per heavy atom. The van der Waals surface area contributed by atoms with Crippen LogP contribution in [0.25, 0.3) is 0 Å². The summed E-state index contributed by atoms with van der Waals surface area (Å²) in [6, 6.07) is 11.5. The van der Waals surface area contributed by atoms with Crippen LogP contribution in [0.3, 0.4) is 0 Å². The topological polar surface area (TPSA) is 184 Å². The average Bonchev–Trinajstić information content (AvgIpc) is 4.07. The number of amides is 4. The van der Waals surface area contributed by atoms with Gasteiger partial charge >= 0.3 is 12.4 Å². The van der Waals surface area contributed by atoms with E-state index in [0.29, 0.717) is 24.3 Å². The molecule has 0 saturated heterocycles. The van der Waals surface area contributed by atoms with E-state index >= 15 is 0 Å². The predicted octanol–water partition coefficient (Wildman–Crippen LogP) is 4.67. The molecule has 0 saturated carbocycles. The van der Waals surface area contributed by atoms with Gasteiger partial charge in [-0.25, -0.2) is 18.1 Å². The quantitative estimate of drug-likeness (QED) is 0.242. The van der Waals surface area contributed by atoms with Gasteiger partial charge in [-0.2, -0.15) is 46.7 Å². The van der Waals surface area contributed by atoms with Gasteiger partial charge in [0.25, 0.3) is 23.6 Å². The molecule has 4 amide bonds. The van der Waals surface area contributed by atoms with Crippen LogP contribution >= 0.6 is 0 Å². The molecule has 0 aliphatic carbocycles. The van der Waals surface area contributed by atoms with Crippen molar-refractivity contribution in [1.82, 2.24) is 30.2 Å². The number of likely N-dealkylation sites (N-methyl/N-ethyl adjacent to an activating group) is 2. The first kappa shape index (κ1) is 44.9. The lowest BCUT2D eigenvalue weighted by molar-refractivity contribution is -0.142. The van der Waals surface area contributed by atoms with Gasteiger partial charge in [0.2, 0.25) is 0 Å². The zero-order valence-electron chi connectivity index (χ0n) is 33.7. The number of hydrogen-bond acceptors (Lipinski definition) is 10. The molecule has 4 aromatic rings. The third kappa shape index (κ3) is 10.2. The largest absolute Gasteiger partial charge is 0.435 e. The van der Waals surface area contributed by atoms with Crippen molar-refractivity contribution in [1.29, 1.82) is 0 Å². The number of nitrogens with zero attached hydrogens (tertiary/aromatic N) is 10. The Bertz CT molecular complexity index is 2420. The number of hydrogen-bond donors (Lipinski definition) is 2. The van der Waals surface area contributed by atoms with E-state index in [9.17, 15) is 54.3 Å². The number of alkyl halides is 6. The van der Waals surface area contributed by atoms with Gasteiger partial charge in [-0.1, -0.05) is 24.3 Å². The fraction of sp³-hybridized carbons (Fsp3) is 0.350. The third-order valence-electron chi connectivity index (χ3n) is 10.4. The summed E-state index contributed by atoms with van der Waals surface area (Å²) in [7, 11) is 2.66. The number of anilines is 2. The number of halogens is 8. The number of fused-ring (bicyclic) bond motifs is 2. The summed E-state index contributed by atoms with van der Waals surface area (Å²) in [5.41, 5.74) is 0.946. The molecule has 8 rings (SSSR count). The Hall–Kier alpha value is -7.14. The first-order chi connectivity index (χ1) is 30.2. The van der Waals surface area contributed by atoms with Gasteiger partial charge < -0.3 is 10.6 Å². The van der Waals surface area contributed by atoms with Gasteiger partial charge in [0.15, 0.2) is 11.4 Å². The Morgan fingerprint density at radius 2 is 0.969 bits per heavy atom. The number of nitrogens with one attached hydrogen (secondary N) is 2. The standard InChI is InChI=1S/2C20H18F4N6O2/c2*1-29-17-10-16(20(22,23)24)28-30(17)7-6-14(19(29)32)25-18(31)15-9-13(26-27-15)8-11-2-4-12(21)5-3-11/h2*2-5,10,14H,6-9H2,1H3,(H,25,31)/t2*14-/m10/s1. The molecule has 2 aromatic heterocycles. The zero-order valence-corrected chi connectivity index (χ0v) is 33.7. The van der Waals surface area contributed by atoms with Crippen LogP contribution < -0.4 is 20.4 Å². The highest BCUT2D eigenvalue weighted by Crippen LogP contribution is 2.33. The fourth-order valence-corrected chi connectivity index (χ4v) is 7.07. The second-order valence-electron chi connectivity index (χ2n) is 15.0. The molecule has 6 heterocycles. The van der Waals surface area contributed by atoms with E-state index in [-0.39, 0.29) is 73.5 Å². The molecule has 16 nitrogen and oxygen atoms in total. The minimum atomic E-state index is -4.62. The summed E-state index contributed by atoms with van der Waals surface area (Å²) < 4.78 is 106. The molecule has 64 heavy (non-hydrogen) atoms. The van der Waals surface area contributed by atoms with Crippen LogP contribution in [0, 0.1) is 11.6 Å². The van der Waals surface area contributed by atoms with E-state index in [1.54, 1.807) is 24.3 Å². The van der Waals surface area contributed by atoms with E-state index in [2.05, 4.69) is 41.2 Å². The second-order valence-corrected chi connectivity index (χ2v) is 15.0. The lowest BCUT2D eigenvalue weighted by atomic mass is 10.0. The highest BCUT2D eigenvalue weighted by atomic mass is 19.4. The van der Waals surface area contributed by atoms with E-state index < -0.39 is 59.5 Å². The van der Waals surface area contributed by atoms with Crippen molar-refractivity contribution in [2.24, 2.45) is 20.4 Å². The Kier molecular flexibility index (Phi) is 12.6. The molecule has 2 atom stereocenters.